The molecule has 0 bridgehead atoms. The first kappa shape index (κ1) is 15.4. The number of piperazine rings is 1. The lowest BCUT2D eigenvalue weighted by atomic mass is 10.2. The molecule has 0 amide bonds. The van der Waals surface area contributed by atoms with Crippen LogP contribution in [0.4, 0.5) is 0 Å². The summed E-state index contributed by atoms with van der Waals surface area (Å²) >= 11 is 0. The molecule has 1 heterocycles. The Balaban J connectivity index is 0.00000112. The highest BCUT2D eigenvalue weighted by atomic mass is 35.5. The summed E-state index contributed by atoms with van der Waals surface area (Å²) < 4.78 is 0. The number of likely N-dealkylation sites (N-methyl/N-ethyl adjacent to an activating group) is 1. The van der Waals surface area contributed by atoms with E-state index in [0.29, 0.717) is 0 Å². The normalized spacial score (nSPS) is 17.3. The summed E-state index contributed by atoms with van der Waals surface area (Å²) in [5.41, 5.74) is 1.43. The molecule has 0 aliphatic carbocycles. The maximum Gasteiger partial charge on any atom is 0.0234 e. The van der Waals surface area contributed by atoms with E-state index in [1.165, 1.54) is 31.7 Å². The van der Waals surface area contributed by atoms with E-state index in [2.05, 4.69) is 47.2 Å². The lowest BCUT2D eigenvalue weighted by Crippen LogP contribution is -2.43. The molecule has 92 valence electrons. The van der Waals surface area contributed by atoms with Gasteiger partial charge in [-0.15, -0.1) is 12.4 Å². The first-order valence-corrected chi connectivity index (χ1v) is 5.29. The van der Waals surface area contributed by atoms with E-state index in [-0.39, 0.29) is 17.9 Å². The second-order valence-electron chi connectivity index (χ2n) is 4.07. The molecule has 0 unspecified atom stereocenters. The van der Waals surface area contributed by atoms with Crippen molar-refractivity contribution >= 4 is 12.4 Å². The number of hydrogen-bond donors (Lipinski definition) is 0. The molecule has 1 saturated heterocycles. The van der Waals surface area contributed by atoms with Crippen LogP contribution >= 0.6 is 12.4 Å². The van der Waals surface area contributed by atoms with Crippen molar-refractivity contribution < 1.29 is 5.48 Å². The summed E-state index contributed by atoms with van der Waals surface area (Å²) in [6.45, 7) is 5.91. The lowest BCUT2D eigenvalue weighted by Gasteiger charge is -2.32. The SMILES string of the molecule is CN1CCN(Cc2ccccc2)CC1.Cl.O. The van der Waals surface area contributed by atoms with E-state index in [1.54, 1.807) is 0 Å². The largest absolute Gasteiger partial charge is 0.412 e. The molecule has 4 heteroatoms. The van der Waals surface area contributed by atoms with Gasteiger partial charge in [0.15, 0.2) is 0 Å². The molecule has 1 aliphatic rings. The molecule has 2 rings (SSSR count). The molecule has 0 radical (unpaired) electrons. The first-order chi connectivity index (χ1) is 6.84. The Kier molecular flexibility index (Phi) is 7.34. The van der Waals surface area contributed by atoms with Crippen LogP contribution in [-0.2, 0) is 6.54 Å². The molecule has 2 N–H and O–H groups in total. The smallest absolute Gasteiger partial charge is 0.0234 e. The minimum Gasteiger partial charge on any atom is -0.412 e. The summed E-state index contributed by atoms with van der Waals surface area (Å²) in [6, 6.07) is 10.7. The van der Waals surface area contributed by atoms with Crippen LogP contribution in [0.2, 0.25) is 0 Å². The molecule has 0 saturated carbocycles. The second-order valence-corrected chi connectivity index (χ2v) is 4.07. The zero-order chi connectivity index (χ0) is 9.80. The van der Waals surface area contributed by atoms with Gasteiger partial charge in [-0.05, 0) is 12.6 Å². The van der Waals surface area contributed by atoms with Gasteiger partial charge in [-0.3, -0.25) is 4.90 Å². The maximum atomic E-state index is 2.52. The topological polar surface area (TPSA) is 38.0 Å². The Hall–Kier alpha value is -0.610. The number of halogens is 1. The van der Waals surface area contributed by atoms with Gasteiger partial charge in [-0.25, -0.2) is 0 Å². The molecule has 16 heavy (non-hydrogen) atoms. The van der Waals surface area contributed by atoms with Gasteiger partial charge in [0, 0.05) is 32.7 Å². The number of rotatable bonds is 2. The first-order valence-electron chi connectivity index (χ1n) is 5.29. The van der Waals surface area contributed by atoms with Crippen molar-refractivity contribution in [2.24, 2.45) is 0 Å². The molecule has 1 fully saturated rings. The van der Waals surface area contributed by atoms with Crippen molar-refractivity contribution in [2.45, 2.75) is 6.54 Å². The molecular weight excluding hydrogens is 224 g/mol. The van der Waals surface area contributed by atoms with Crippen molar-refractivity contribution in [2.75, 3.05) is 33.2 Å². The summed E-state index contributed by atoms with van der Waals surface area (Å²) in [7, 11) is 2.19. The van der Waals surface area contributed by atoms with Gasteiger partial charge in [0.1, 0.15) is 0 Å². The minimum absolute atomic E-state index is 0. The van der Waals surface area contributed by atoms with Gasteiger partial charge in [-0.2, -0.15) is 0 Å². The summed E-state index contributed by atoms with van der Waals surface area (Å²) in [4.78, 5) is 4.91. The Morgan fingerprint density at radius 1 is 1.00 bits per heavy atom. The van der Waals surface area contributed by atoms with Gasteiger partial charge >= 0.3 is 0 Å². The average molecular weight is 245 g/mol. The van der Waals surface area contributed by atoms with E-state index in [1.807, 2.05) is 0 Å². The minimum atomic E-state index is 0. The fraction of sp³-hybridized carbons (Fsp3) is 0.500. The highest BCUT2D eigenvalue weighted by Gasteiger charge is 2.13. The quantitative estimate of drug-likeness (QED) is 0.780. The monoisotopic (exact) mass is 244 g/mol. The fourth-order valence-corrected chi connectivity index (χ4v) is 1.85. The van der Waals surface area contributed by atoms with Crippen molar-refractivity contribution in [1.29, 1.82) is 0 Å². The van der Waals surface area contributed by atoms with E-state index in [9.17, 15) is 0 Å². The summed E-state index contributed by atoms with van der Waals surface area (Å²) in [5.74, 6) is 0. The van der Waals surface area contributed by atoms with Gasteiger partial charge < -0.3 is 10.4 Å². The van der Waals surface area contributed by atoms with Gasteiger partial charge in [0.25, 0.3) is 0 Å². The van der Waals surface area contributed by atoms with Crippen LogP contribution in [0.25, 0.3) is 0 Å². The lowest BCUT2D eigenvalue weighted by molar-refractivity contribution is 0.148. The highest BCUT2D eigenvalue weighted by Crippen LogP contribution is 2.06. The van der Waals surface area contributed by atoms with Crippen LogP contribution in [-0.4, -0.2) is 48.5 Å². The predicted octanol–water partition coefficient (Wildman–Crippen LogP) is 1.03. The number of hydrogen-bond acceptors (Lipinski definition) is 2. The Morgan fingerprint density at radius 3 is 2.12 bits per heavy atom. The fourth-order valence-electron chi connectivity index (χ4n) is 1.85. The molecule has 1 aliphatic heterocycles. The maximum absolute atomic E-state index is 2.52. The van der Waals surface area contributed by atoms with E-state index < -0.39 is 0 Å². The standard InChI is InChI=1S/C12H18N2.ClH.H2O/c1-13-7-9-14(10-8-13)11-12-5-3-2-4-6-12;;/h2-6H,7-11H2,1H3;1H;1H2. The van der Waals surface area contributed by atoms with Crippen LogP contribution in [0.3, 0.4) is 0 Å². The third-order valence-electron chi connectivity index (χ3n) is 2.84. The van der Waals surface area contributed by atoms with Crippen LogP contribution < -0.4 is 0 Å². The molecule has 1 aromatic rings. The summed E-state index contributed by atoms with van der Waals surface area (Å²) in [6.07, 6.45) is 0. The molecule has 1 aromatic carbocycles. The zero-order valence-electron chi connectivity index (χ0n) is 9.72. The van der Waals surface area contributed by atoms with Crippen molar-refractivity contribution in [3.63, 3.8) is 0 Å². The Bertz CT molecular complexity index is 274. The molecule has 0 spiro atoms. The van der Waals surface area contributed by atoms with E-state index >= 15 is 0 Å². The molecule has 0 atom stereocenters. The third kappa shape index (κ3) is 4.49. The molecular formula is C12H21ClN2O. The van der Waals surface area contributed by atoms with Crippen LogP contribution in [0, 0.1) is 0 Å². The zero-order valence-corrected chi connectivity index (χ0v) is 10.5. The van der Waals surface area contributed by atoms with Crippen LogP contribution in [0.5, 0.6) is 0 Å². The number of benzene rings is 1. The van der Waals surface area contributed by atoms with Crippen molar-refractivity contribution in [3.8, 4) is 0 Å². The molecule has 3 nitrogen and oxygen atoms in total. The Labute approximate surface area is 104 Å². The predicted molar refractivity (Wildman–Crippen MR) is 70.1 cm³/mol. The highest BCUT2D eigenvalue weighted by molar-refractivity contribution is 5.85. The molecule has 0 aromatic heterocycles. The van der Waals surface area contributed by atoms with E-state index in [4.69, 9.17) is 0 Å². The second kappa shape index (κ2) is 7.63. The average Bonchev–Trinajstić information content (AvgIpc) is 2.23. The van der Waals surface area contributed by atoms with Gasteiger partial charge in [0.2, 0.25) is 0 Å². The Morgan fingerprint density at radius 2 is 1.56 bits per heavy atom. The van der Waals surface area contributed by atoms with Crippen LogP contribution in [0.1, 0.15) is 5.56 Å². The van der Waals surface area contributed by atoms with Crippen molar-refractivity contribution in [3.05, 3.63) is 35.9 Å². The third-order valence-corrected chi connectivity index (χ3v) is 2.84. The van der Waals surface area contributed by atoms with Gasteiger partial charge in [-0.1, -0.05) is 30.3 Å². The van der Waals surface area contributed by atoms with Crippen molar-refractivity contribution in [1.82, 2.24) is 9.80 Å². The van der Waals surface area contributed by atoms with E-state index in [0.717, 1.165) is 6.54 Å². The number of nitrogens with zero attached hydrogens (tertiary/aromatic N) is 2. The van der Waals surface area contributed by atoms with Gasteiger partial charge in [0.05, 0.1) is 0 Å². The van der Waals surface area contributed by atoms with Crippen LogP contribution in [0.15, 0.2) is 30.3 Å². The summed E-state index contributed by atoms with van der Waals surface area (Å²) in [5, 5.41) is 0.